The summed E-state index contributed by atoms with van der Waals surface area (Å²) in [6.45, 7) is 5.63. The van der Waals surface area contributed by atoms with Crippen molar-refractivity contribution < 1.29 is 5.11 Å². The van der Waals surface area contributed by atoms with Gasteiger partial charge in [0.05, 0.1) is 10.9 Å². The molecule has 3 aromatic rings. The molecule has 8 heteroatoms. The SMILES string of the molecule is Cc1nc2sc([C@H](c3ccccc3Cl)N3CCN(C)CC3)c(O)n2n1. The summed E-state index contributed by atoms with van der Waals surface area (Å²) >= 11 is 7.99. The zero-order valence-electron chi connectivity index (χ0n) is 14.2. The van der Waals surface area contributed by atoms with Gasteiger partial charge >= 0.3 is 0 Å². The van der Waals surface area contributed by atoms with Crippen LogP contribution in [0.5, 0.6) is 5.88 Å². The van der Waals surface area contributed by atoms with Crippen LogP contribution in [0.25, 0.3) is 4.96 Å². The Morgan fingerprint density at radius 1 is 1.20 bits per heavy atom. The van der Waals surface area contributed by atoms with E-state index in [-0.39, 0.29) is 11.9 Å². The van der Waals surface area contributed by atoms with Gasteiger partial charge in [-0.15, -0.1) is 5.10 Å². The van der Waals surface area contributed by atoms with Crippen LogP contribution in [0.2, 0.25) is 5.02 Å². The van der Waals surface area contributed by atoms with Gasteiger partial charge in [0.2, 0.25) is 10.8 Å². The molecule has 0 radical (unpaired) electrons. The Kier molecular flexibility index (Phi) is 4.41. The predicted molar refractivity (Wildman–Crippen MR) is 99.6 cm³/mol. The first-order chi connectivity index (χ1) is 12.0. The topological polar surface area (TPSA) is 56.9 Å². The fourth-order valence-electron chi connectivity index (χ4n) is 3.31. The first-order valence-corrected chi connectivity index (χ1v) is 9.46. The lowest BCUT2D eigenvalue weighted by molar-refractivity contribution is 0.127. The van der Waals surface area contributed by atoms with Gasteiger partial charge in [-0.05, 0) is 25.6 Å². The van der Waals surface area contributed by atoms with Gasteiger partial charge in [0.25, 0.3) is 0 Å². The van der Waals surface area contributed by atoms with E-state index >= 15 is 0 Å². The highest BCUT2D eigenvalue weighted by Gasteiger charge is 2.32. The third-order valence-corrected chi connectivity index (χ3v) is 6.07. The third kappa shape index (κ3) is 3.01. The maximum atomic E-state index is 10.8. The van der Waals surface area contributed by atoms with E-state index in [1.807, 2.05) is 31.2 Å². The second-order valence-electron chi connectivity index (χ2n) is 6.41. The van der Waals surface area contributed by atoms with Gasteiger partial charge in [0, 0.05) is 31.2 Å². The number of thiazole rings is 1. The van der Waals surface area contributed by atoms with Crippen molar-refractivity contribution in [2.45, 2.75) is 13.0 Å². The fourth-order valence-corrected chi connectivity index (χ4v) is 4.70. The average Bonchev–Trinajstić information content (AvgIpc) is 3.09. The zero-order chi connectivity index (χ0) is 17.6. The first kappa shape index (κ1) is 16.8. The van der Waals surface area contributed by atoms with Crippen LogP contribution in [-0.2, 0) is 0 Å². The summed E-state index contributed by atoms with van der Waals surface area (Å²) < 4.78 is 1.52. The van der Waals surface area contributed by atoms with E-state index in [0.717, 1.165) is 36.6 Å². The van der Waals surface area contributed by atoms with Crippen molar-refractivity contribution in [3.05, 3.63) is 45.6 Å². The molecule has 1 aliphatic heterocycles. The Morgan fingerprint density at radius 3 is 2.60 bits per heavy atom. The van der Waals surface area contributed by atoms with Crippen LogP contribution >= 0.6 is 22.9 Å². The van der Waals surface area contributed by atoms with Crippen molar-refractivity contribution in [2.75, 3.05) is 33.2 Å². The highest BCUT2D eigenvalue weighted by Crippen LogP contribution is 2.42. The van der Waals surface area contributed by atoms with E-state index in [2.05, 4.69) is 26.9 Å². The number of fused-ring (bicyclic) bond motifs is 1. The van der Waals surface area contributed by atoms with Crippen LogP contribution < -0.4 is 0 Å². The number of hydrogen-bond donors (Lipinski definition) is 1. The van der Waals surface area contributed by atoms with Crippen LogP contribution in [0.3, 0.4) is 0 Å². The summed E-state index contributed by atoms with van der Waals surface area (Å²) in [4.78, 5) is 10.6. The second-order valence-corrected chi connectivity index (χ2v) is 7.82. The summed E-state index contributed by atoms with van der Waals surface area (Å²) in [5, 5.41) is 15.8. The van der Waals surface area contributed by atoms with E-state index in [4.69, 9.17) is 11.6 Å². The van der Waals surface area contributed by atoms with E-state index in [1.165, 1.54) is 15.9 Å². The average molecular weight is 378 g/mol. The van der Waals surface area contributed by atoms with Gasteiger partial charge in [-0.2, -0.15) is 4.52 Å². The van der Waals surface area contributed by atoms with Crippen molar-refractivity contribution >= 4 is 27.9 Å². The lowest BCUT2D eigenvalue weighted by atomic mass is 10.0. The molecule has 6 nitrogen and oxygen atoms in total. The first-order valence-electron chi connectivity index (χ1n) is 8.26. The van der Waals surface area contributed by atoms with E-state index in [9.17, 15) is 5.11 Å². The normalized spacial score (nSPS) is 18.0. The molecule has 1 saturated heterocycles. The Bertz CT molecular complexity index is 900. The monoisotopic (exact) mass is 377 g/mol. The van der Waals surface area contributed by atoms with Gasteiger partial charge in [0.1, 0.15) is 5.82 Å². The van der Waals surface area contributed by atoms with Crippen LogP contribution in [-0.4, -0.2) is 62.7 Å². The Balaban J connectivity index is 1.83. The number of aromatic nitrogens is 3. The minimum atomic E-state index is -0.101. The lowest BCUT2D eigenvalue weighted by Gasteiger charge is -2.38. The molecule has 1 aromatic carbocycles. The van der Waals surface area contributed by atoms with Crippen molar-refractivity contribution in [3.8, 4) is 5.88 Å². The van der Waals surface area contributed by atoms with Crippen LogP contribution in [0.1, 0.15) is 22.3 Å². The number of aryl methyl sites for hydroxylation is 1. The fraction of sp³-hybridized carbons (Fsp3) is 0.412. The molecule has 0 unspecified atom stereocenters. The molecule has 1 N–H and O–H groups in total. The molecule has 132 valence electrons. The number of aromatic hydroxyl groups is 1. The van der Waals surface area contributed by atoms with Crippen LogP contribution in [0.15, 0.2) is 24.3 Å². The number of benzene rings is 1. The summed E-state index contributed by atoms with van der Waals surface area (Å²) in [6.07, 6.45) is 0. The molecular formula is C17H20ClN5OS. The highest BCUT2D eigenvalue weighted by atomic mass is 35.5. The summed E-state index contributed by atoms with van der Waals surface area (Å²) in [7, 11) is 2.13. The van der Waals surface area contributed by atoms with Gasteiger partial charge < -0.3 is 10.0 Å². The van der Waals surface area contributed by atoms with E-state index in [1.54, 1.807) is 0 Å². The van der Waals surface area contributed by atoms with Gasteiger partial charge in [0.15, 0.2) is 0 Å². The van der Waals surface area contributed by atoms with Crippen molar-refractivity contribution in [2.24, 2.45) is 0 Å². The molecule has 1 aliphatic rings. The summed E-state index contributed by atoms with van der Waals surface area (Å²) in [5.41, 5.74) is 1.00. The smallest absolute Gasteiger partial charge is 0.230 e. The molecule has 4 rings (SSSR count). The Labute approximate surface area is 155 Å². The zero-order valence-corrected chi connectivity index (χ0v) is 15.8. The van der Waals surface area contributed by atoms with Crippen LogP contribution in [0.4, 0.5) is 0 Å². The maximum Gasteiger partial charge on any atom is 0.230 e. The molecule has 0 spiro atoms. The lowest BCUT2D eigenvalue weighted by Crippen LogP contribution is -2.46. The van der Waals surface area contributed by atoms with E-state index < -0.39 is 0 Å². The molecule has 3 heterocycles. The van der Waals surface area contributed by atoms with Crippen molar-refractivity contribution in [1.82, 2.24) is 24.4 Å². The predicted octanol–water partition coefficient (Wildman–Crippen LogP) is 2.80. The second kappa shape index (κ2) is 6.57. The maximum absolute atomic E-state index is 10.8. The molecular weight excluding hydrogens is 358 g/mol. The highest BCUT2D eigenvalue weighted by molar-refractivity contribution is 7.17. The number of likely N-dealkylation sites (N-methyl/N-ethyl adjacent to an activating group) is 1. The molecule has 0 aliphatic carbocycles. The minimum absolute atomic E-state index is 0.101. The molecule has 1 atom stereocenters. The molecule has 2 aromatic heterocycles. The van der Waals surface area contributed by atoms with Crippen LogP contribution in [0, 0.1) is 6.92 Å². The summed E-state index contributed by atoms with van der Waals surface area (Å²) in [6, 6.07) is 7.75. The molecule has 0 saturated carbocycles. The summed E-state index contributed by atoms with van der Waals surface area (Å²) in [5.74, 6) is 0.812. The van der Waals surface area contributed by atoms with Gasteiger partial charge in [-0.3, -0.25) is 4.90 Å². The standard InChI is InChI=1S/C17H20ClN5OS/c1-11-19-17-23(20-11)16(24)15(25-17)14(12-5-3-4-6-13(12)18)22-9-7-21(2)8-10-22/h3-6,14,24H,7-10H2,1-2H3/t14-/m0/s1. The Hall–Kier alpha value is -1.67. The molecule has 1 fully saturated rings. The number of rotatable bonds is 3. The Morgan fingerprint density at radius 2 is 1.92 bits per heavy atom. The largest absolute Gasteiger partial charge is 0.492 e. The van der Waals surface area contributed by atoms with Crippen molar-refractivity contribution in [3.63, 3.8) is 0 Å². The minimum Gasteiger partial charge on any atom is -0.492 e. The quantitative estimate of drug-likeness (QED) is 0.760. The molecule has 0 bridgehead atoms. The van der Waals surface area contributed by atoms with Gasteiger partial charge in [-0.25, -0.2) is 4.98 Å². The molecule has 25 heavy (non-hydrogen) atoms. The number of piperazine rings is 1. The molecule has 0 amide bonds. The third-order valence-electron chi connectivity index (χ3n) is 4.66. The van der Waals surface area contributed by atoms with Gasteiger partial charge in [-0.1, -0.05) is 41.1 Å². The number of hydrogen-bond acceptors (Lipinski definition) is 6. The van der Waals surface area contributed by atoms with Crippen molar-refractivity contribution in [1.29, 1.82) is 0 Å². The van der Waals surface area contributed by atoms with E-state index in [0.29, 0.717) is 15.8 Å². The number of nitrogens with zero attached hydrogens (tertiary/aromatic N) is 5. The number of halogens is 1.